The van der Waals surface area contributed by atoms with Crippen molar-refractivity contribution in [3.63, 3.8) is 0 Å². The maximum Gasteiger partial charge on any atom is 0.0702 e. The van der Waals surface area contributed by atoms with Crippen molar-refractivity contribution in [2.75, 3.05) is 17.6 Å². The third kappa shape index (κ3) is 2.57. The number of rotatable bonds is 2. The Morgan fingerprint density at radius 2 is 2.00 bits per heavy atom. The van der Waals surface area contributed by atoms with E-state index in [1.165, 1.54) is 28.1 Å². The SMILES string of the molecule is C(=NC1=CCSc2ccc3c(c21)NCCC3)c1ccccc1. The number of hydrogen-bond acceptors (Lipinski definition) is 3. The molecule has 0 atom stereocenters. The number of nitrogens with one attached hydrogen (secondary N) is 1. The van der Waals surface area contributed by atoms with E-state index in [0.29, 0.717) is 0 Å². The molecule has 110 valence electrons. The maximum absolute atomic E-state index is 4.79. The summed E-state index contributed by atoms with van der Waals surface area (Å²) in [6.45, 7) is 1.06. The molecule has 4 rings (SSSR count). The van der Waals surface area contributed by atoms with Gasteiger partial charge in [0.1, 0.15) is 0 Å². The molecule has 3 heteroatoms. The van der Waals surface area contributed by atoms with Crippen LogP contribution in [0.2, 0.25) is 0 Å². The Balaban J connectivity index is 1.74. The van der Waals surface area contributed by atoms with Gasteiger partial charge in [-0.1, -0.05) is 36.4 Å². The summed E-state index contributed by atoms with van der Waals surface area (Å²) in [5.74, 6) is 0.993. The van der Waals surface area contributed by atoms with Crippen LogP contribution < -0.4 is 5.32 Å². The predicted octanol–water partition coefficient (Wildman–Crippen LogP) is 4.61. The molecule has 2 aliphatic rings. The van der Waals surface area contributed by atoms with Gasteiger partial charge in [0.2, 0.25) is 0 Å². The fraction of sp³-hybridized carbons (Fsp3) is 0.211. The second kappa shape index (κ2) is 6.01. The van der Waals surface area contributed by atoms with Gasteiger partial charge in [-0.3, -0.25) is 4.99 Å². The van der Waals surface area contributed by atoms with Crippen LogP contribution >= 0.6 is 11.8 Å². The molecule has 2 aromatic carbocycles. The van der Waals surface area contributed by atoms with Crippen LogP contribution in [0.4, 0.5) is 5.69 Å². The Bertz CT molecular complexity index is 748. The summed E-state index contributed by atoms with van der Waals surface area (Å²) in [7, 11) is 0. The molecule has 0 bridgehead atoms. The number of thioether (sulfide) groups is 1. The molecule has 0 radical (unpaired) electrons. The molecule has 0 saturated heterocycles. The Kier molecular flexibility index (Phi) is 3.73. The number of hydrogen-bond donors (Lipinski definition) is 1. The van der Waals surface area contributed by atoms with Crippen LogP contribution in [0.1, 0.15) is 23.1 Å². The van der Waals surface area contributed by atoms with E-state index < -0.39 is 0 Å². The van der Waals surface area contributed by atoms with E-state index in [-0.39, 0.29) is 0 Å². The van der Waals surface area contributed by atoms with Crippen LogP contribution in [0, 0.1) is 0 Å². The quantitative estimate of drug-likeness (QED) is 0.819. The number of benzene rings is 2. The van der Waals surface area contributed by atoms with Gasteiger partial charge in [-0.05, 0) is 36.1 Å². The highest BCUT2D eigenvalue weighted by Crippen LogP contribution is 2.41. The predicted molar refractivity (Wildman–Crippen MR) is 96.0 cm³/mol. The fourth-order valence-corrected chi connectivity index (χ4v) is 3.95. The van der Waals surface area contributed by atoms with Crippen molar-refractivity contribution in [1.82, 2.24) is 0 Å². The number of anilines is 1. The average Bonchev–Trinajstić information content (AvgIpc) is 2.60. The highest BCUT2D eigenvalue weighted by Gasteiger charge is 2.21. The first kappa shape index (κ1) is 13.6. The van der Waals surface area contributed by atoms with Crippen LogP contribution in [-0.2, 0) is 6.42 Å². The first-order valence-corrected chi connectivity index (χ1v) is 8.72. The second-order valence-electron chi connectivity index (χ2n) is 5.57. The van der Waals surface area contributed by atoms with Crippen LogP contribution in [0.25, 0.3) is 5.70 Å². The third-order valence-corrected chi connectivity index (χ3v) is 5.09. The van der Waals surface area contributed by atoms with Crippen molar-refractivity contribution in [3.05, 3.63) is 65.2 Å². The lowest BCUT2D eigenvalue weighted by Gasteiger charge is -2.25. The molecule has 0 aliphatic carbocycles. The molecule has 2 nitrogen and oxygen atoms in total. The summed E-state index contributed by atoms with van der Waals surface area (Å²) >= 11 is 1.90. The molecule has 2 heterocycles. The minimum absolute atomic E-state index is 0.993. The monoisotopic (exact) mass is 306 g/mol. The Morgan fingerprint density at radius 1 is 1.09 bits per heavy atom. The third-order valence-electron chi connectivity index (χ3n) is 4.10. The number of aliphatic imine (C=N–C) groups is 1. The van der Waals surface area contributed by atoms with Gasteiger partial charge in [-0.25, -0.2) is 0 Å². The first-order valence-electron chi connectivity index (χ1n) is 7.74. The molecule has 0 amide bonds. The maximum atomic E-state index is 4.79. The van der Waals surface area contributed by atoms with Gasteiger partial charge in [0.15, 0.2) is 0 Å². The molecule has 1 N–H and O–H groups in total. The molecule has 0 saturated carbocycles. The standard InChI is InChI=1S/C19H18N2S/c1-2-5-14(6-3-1)13-21-16-10-12-22-17-9-8-15-7-4-11-20-19(15)18(16)17/h1-3,5-6,8-10,13,20H,4,7,11-12H2. The van der Waals surface area contributed by atoms with Crippen molar-refractivity contribution >= 4 is 29.4 Å². The van der Waals surface area contributed by atoms with E-state index in [0.717, 1.165) is 30.0 Å². The molecular formula is C19H18N2S. The summed E-state index contributed by atoms with van der Waals surface area (Å²) < 4.78 is 0. The summed E-state index contributed by atoms with van der Waals surface area (Å²) in [5, 5.41) is 3.59. The van der Waals surface area contributed by atoms with E-state index in [1.54, 1.807) is 0 Å². The highest BCUT2D eigenvalue weighted by molar-refractivity contribution is 7.99. The lowest BCUT2D eigenvalue weighted by atomic mass is 9.97. The van der Waals surface area contributed by atoms with Crippen molar-refractivity contribution in [1.29, 1.82) is 0 Å². The topological polar surface area (TPSA) is 24.4 Å². The number of nitrogens with zero attached hydrogens (tertiary/aromatic N) is 1. The molecule has 0 fully saturated rings. The van der Waals surface area contributed by atoms with Gasteiger partial charge in [-0.2, -0.15) is 0 Å². The summed E-state index contributed by atoms with van der Waals surface area (Å²) in [4.78, 5) is 6.13. The zero-order valence-corrected chi connectivity index (χ0v) is 13.2. The number of aryl methyl sites for hydroxylation is 1. The van der Waals surface area contributed by atoms with Crippen molar-refractivity contribution in [2.45, 2.75) is 17.7 Å². The molecule has 0 aromatic heterocycles. The fourth-order valence-electron chi connectivity index (χ4n) is 3.02. The molecule has 22 heavy (non-hydrogen) atoms. The Hall–Kier alpha value is -2.00. The van der Waals surface area contributed by atoms with Crippen molar-refractivity contribution in [3.8, 4) is 0 Å². The van der Waals surface area contributed by atoms with Gasteiger partial charge in [-0.15, -0.1) is 11.8 Å². The van der Waals surface area contributed by atoms with Crippen LogP contribution in [0.5, 0.6) is 0 Å². The smallest absolute Gasteiger partial charge is 0.0702 e. The number of fused-ring (bicyclic) bond motifs is 3. The normalized spacial score (nSPS) is 16.6. The molecular weight excluding hydrogens is 288 g/mol. The summed E-state index contributed by atoms with van der Waals surface area (Å²) in [6, 6.07) is 14.8. The molecule has 2 aliphatic heterocycles. The summed E-state index contributed by atoms with van der Waals surface area (Å²) in [5.41, 5.74) is 6.26. The van der Waals surface area contributed by atoms with Crippen LogP contribution in [-0.4, -0.2) is 18.5 Å². The highest BCUT2D eigenvalue weighted by atomic mass is 32.2. The van der Waals surface area contributed by atoms with Crippen molar-refractivity contribution in [2.24, 2.45) is 4.99 Å². The van der Waals surface area contributed by atoms with E-state index in [2.05, 4.69) is 35.7 Å². The average molecular weight is 306 g/mol. The zero-order valence-electron chi connectivity index (χ0n) is 12.4. The minimum Gasteiger partial charge on any atom is -0.384 e. The minimum atomic E-state index is 0.993. The summed E-state index contributed by atoms with van der Waals surface area (Å²) in [6.07, 6.45) is 6.58. The lowest BCUT2D eigenvalue weighted by molar-refractivity contribution is 0.826. The molecule has 0 spiro atoms. The molecule has 0 unspecified atom stereocenters. The van der Waals surface area contributed by atoms with Crippen LogP contribution in [0.3, 0.4) is 0 Å². The van der Waals surface area contributed by atoms with Crippen LogP contribution in [0.15, 0.2) is 58.4 Å². The van der Waals surface area contributed by atoms with E-state index >= 15 is 0 Å². The van der Waals surface area contributed by atoms with E-state index in [1.807, 2.05) is 36.2 Å². The van der Waals surface area contributed by atoms with E-state index in [9.17, 15) is 0 Å². The van der Waals surface area contributed by atoms with Gasteiger partial charge in [0.25, 0.3) is 0 Å². The second-order valence-corrected chi connectivity index (χ2v) is 6.63. The van der Waals surface area contributed by atoms with Gasteiger partial charge >= 0.3 is 0 Å². The zero-order chi connectivity index (χ0) is 14.8. The Labute approximate surface area is 135 Å². The van der Waals surface area contributed by atoms with E-state index in [4.69, 9.17) is 4.99 Å². The molecule has 2 aromatic rings. The van der Waals surface area contributed by atoms with Gasteiger partial charge in [0, 0.05) is 34.7 Å². The Morgan fingerprint density at radius 3 is 2.91 bits per heavy atom. The first-order chi connectivity index (χ1) is 10.9. The largest absolute Gasteiger partial charge is 0.384 e. The van der Waals surface area contributed by atoms with Gasteiger partial charge < -0.3 is 5.32 Å². The van der Waals surface area contributed by atoms with Gasteiger partial charge in [0.05, 0.1) is 5.70 Å². The van der Waals surface area contributed by atoms with Crippen molar-refractivity contribution < 1.29 is 0 Å². The lowest BCUT2D eigenvalue weighted by Crippen LogP contribution is -2.14.